The molecule has 94 valence electrons. The van der Waals surface area contributed by atoms with Crippen LogP contribution in [0.2, 0.25) is 0 Å². The largest absolute Gasteiger partial charge is 0.493 e. The van der Waals surface area contributed by atoms with Gasteiger partial charge in [-0.2, -0.15) is 0 Å². The van der Waals surface area contributed by atoms with Crippen LogP contribution in [0.4, 0.5) is 0 Å². The van der Waals surface area contributed by atoms with E-state index in [4.69, 9.17) is 9.47 Å². The first-order chi connectivity index (χ1) is 8.08. The van der Waals surface area contributed by atoms with Crippen molar-refractivity contribution in [2.75, 3.05) is 13.7 Å². The van der Waals surface area contributed by atoms with Gasteiger partial charge in [0.15, 0.2) is 17.3 Å². The van der Waals surface area contributed by atoms with E-state index in [9.17, 15) is 4.79 Å². The van der Waals surface area contributed by atoms with Crippen LogP contribution in [0.25, 0.3) is 0 Å². The summed E-state index contributed by atoms with van der Waals surface area (Å²) in [4.78, 5) is 11.6. The molecule has 0 heterocycles. The zero-order valence-corrected chi connectivity index (χ0v) is 10.9. The number of ether oxygens (including phenoxy) is 2. The Balaban J connectivity index is 2.66. The van der Waals surface area contributed by atoms with Gasteiger partial charge in [0.2, 0.25) is 0 Å². The van der Waals surface area contributed by atoms with Crippen molar-refractivity contribution >= 4 is 5.78 Å². The Labute approximate surface area is 103 Å². The third kappa shape index (κ3) is 3.77. The summed E-state index contributed by atoms with van der Waals surface area (Å²) < 4.78 is 10.7. The molecule has 1 aromatic carbocycles. The fourth-order valence-corrected chi connectivity index (χ4v) is 1.41. The summed E-state index contributed by atoms with van der Waals surface area (Å²) in [5, 5.41) is 0. The van der Waals surface area contributed by atoms with E-state index in [1.807, 2.05) is 39.0 Å². The molecular weight excluding hydrogens is 216 g/mol. The van der Waals surface area contributed by atoms with Crippen molar-refractivity contribution < 1.29 is 14.3 Å². The second-order valence-electron chi connectivity index (χ2n) is 4.22. The minimum atomic E-state index is 0.0476. The Kier molecular flexibility index (Phi) is 5.01. The number of aryl methyl sites for hydroxylation is 1. The lowest BCUT2D eigenvalue weighted by atomic mass is 10.0. The monoisotopic (exact) mass is 236 g/mol. The summed E-state index contributed by atoms with van der Waals surface area (Å²) >= 11 is 0. The van der Waals surface area contributed by atoms with E-state index in [-0.39, 0.29) is 18.3 Å². The predicted octanol–water partition coefficient (Wildman–Crippen LogP) is 3.00. The Morgan fingerprint density at radius 3 is 2.65 bits per heavy atom. The van der Waals surface area contributed by atoms with E-state index in [0.717, 1.165) is 12.0 Å². The van der Waals surface area contributed by atoms with Gasteiger partial charge < -0.3 is 9.47 Å². The van der Waals surface area contributed by atoms with Crippen LogP contribution in [0, 0.1) is 12.8 Å². The van der Waals surface area contributed by atoms with Gasteiger partial charge in [-0.1, -0.05) is 19.9 Å². The highest BCUT2D eigenvalue weighted by molar-refractivity contribution is 5.82. The number of methoxy groups -OCH3 is 1. The molecule has 0 saturated heterocycles. The first-order valence-corrected chi connectivity index (χ1v) is 5.88. The molecule has 0 bridgehead atoms. The summed E-state index contributed by atoms with van der Waals surface area (Å²) in [6.45, 7) is 6.00. The topological polar surface area (TPSA) is 35.5 Å². The predicted molar refractivity (Wildman–Crippen MR) is 67.7 cm³/mol. The normalized spacial score (nSPS) is 12.0. The lowest BCUT2D eigenvalue weighted by Gasteiger charge is -2.12. The van der Waals surface area contributed by atoms with Gasteiger partial charge in [-0.15, -0.1) is 0 Å². The highest BCUT2D eigenvalue weighted by Crippen LogP contribution is 2.27. The third-order valence-electron chi connectivity index (χ3n) is 2.85. The Morgan fingerprint density at radius 1 is 1.35 bits per heavy atom. The van der Waals surface area contributed by atoms with E-state index < -0.39 is 0 Å². The van der Waals surface area contributed by atoms with E-state index in [1.165, 1.54) is 0 Å². The maximum absolute atomic E-state index is 11.6. The number of ketones is 1. The van der Waals surface area contributed by atoms with Crippen LogP contribution in [0.15, 0.2) is 18.2 Å². The fourth-order valence-electron chi connectivity index (χ4n) is 1.41. The molecule has 1 unspecified atom stereocenters. The average molecular weight is 236 g/mol. The lowest BCUT2D eigenvalue weighted by molar-refractivity contribution is -0.124. The summed E-state index contributed by atoms with van der Waals surface area (Å²) in [5.74, 6) is 1.46. The van der Waals surface area contributed by atoms with Gasteiger partial charge in [-0.25, -0.2) is 0 Å². The molecule has 0 spiro atoms. The van der Waals surface area contributed by atoms with Gasteiger partial charge in [-0.3, -0.25) is 4.79 Å². The van der Waals surface area contributed by atoms with Crippen LogP contribution >= 0.6 is 0 Å². The van der Waals surface area contributed by atoms with Gasteiger partial charge in [0.05, 0.1) is 7.11 Å². The zero-order chi connectivity index (χ0) is 12.8. The molecule has 0 saturated carbocycles. The highest BCUT2D eigenvalue weighted by atomic mass is 16.5. The standard InChI is InChI=1S/C14H20O3/c1-5-11(3)12(15)9-17-13-7-6-10(2)8-14(13)16-4/h6-8,11H,5,9H2,1-4H3. The van der Waals surface area contributed by atoms with E-state index >= 15 is 0 Å². The zero-order valence-electron chi connectivity index (χ0n) is 10.9. The highest BCUT2D eigenvalue weighted by Gasteiger charge is 2.12. The number of Topliss-reactive ketones (excluding diaryl/α,β-unsaturated/α-hetero) is 1. The molecule has 0 aromatic heterocycles. The second-order valence-corrected chi connectivity index (χ2v) is 4.22. The van der Waals surface area contributed by atoms with Crippen molar-refractivity contribution in [3.8, 4) is 11.5 Å². The van der Waals surface area contributed by atoms with Crippen LogP contribution < -0.4 is 9.47 Å². The second kappa shape index (κ2) is 6.28. The quantitative estimate of drug-likeness (QED) is 0.761. The summed E-state index contributed by atoms with van der Waals surface area (Å²) in [7, 11) is 1.60. The van der Waals surface area contributed by atoms with Crippen molar-refractivity contribution in [1.82, 2.24) is 0 Å². The van der Waals surface area contributed by atoms with Crippen LogP contribution in [-0.2, 0) is 4.79 Å². The first kappa shape index (κ1) is 13.6. The molecule has 1 rings (SSSR count). The molecule has 1 aromatic rings. The Morgan fingerprint density at radius 2 is 2.06 bits per heavy atom. The number of rotatable bonds is 6. The first-order valence-electron chi connectivity index (χ1n) is 5.88. The molecule has 17 heavy (non-hydrogen) atoms. The fraction of sp³-hybridized carbons (Fsp3) is 0.500. The smallest absolute Gasteiger partial charge is 0.172 e. The molecule has 0 N–H and O–H groups in total. The number of hydrogen-bond acceptors (Lipinski definition) is 3. The maximum Gasteiger partial charge on any atom is 0.172 e. The van der Waals surface area contributed by atoms with Crippen LogP contribution in [0.1, 0.15) is 25.8 Å². The van der Waals surface area contributed by atoms with Crippen molar-refractivity contribution in [2.24, 2.45) is 5.92 Å². The van der Waals surface area contributed by atoms with Crippen molar-refractivity contribution in [3.63, 3.8) is 0 Å². The third-order valence-corrected chi connectivity index (χ3v) is 2.85. The average Bonchev–Trinajstić information content (AvgIpc) is 2.35. The number of hydrogen-bond donors (Lipinski definition) is 0. The molecule has 0 aliphatic carbocycles. The lowest BCUT2D eigenvalue weighted by Crippen LogP contribution is -2.18. The summed E-state index contributed by atoms with van der Waals surface area (Å²) in [6, 6.07) is 5.66. The minimum absolute atomic E-state index is 0.0476. The van der Waals surface area contributed by atoms with E-state index in [1.54, 1.807) is 7.11 Å². The Bertz CT molecular complexity index is 385. The van der Waals surface area contributed by atoms with Gasteiger partial charge in [0, 0.05) is 5.92 Å². The molecule has 0 aliphatic rings. The minimum Gasteiger partial charge on any atom is -0.493 e. The van der Waals surface area contributed by atoms with Crippen LogP contribution in [0.5, 0.6) is 11.5 Å². The number of benzene rings is 1. The van der Waals surface area contributed by atoms with Crippen molar-refractivity contribution in [2.45, 2.75) is 27.2 Å². The van der Waals surface area contributed by atoms with Crippen molar-refractivity contribution in [1.29, 1.82) is 0 Å². The molecule has 0 amide bonds. The SMILES string of the molecule is CCC(C)C(=O)COc1ccc(C)cc1OC. The molecule has 0 fully saturated rings. The maximum atomic E-state index is 11.6. The van der Waals surface area contributed by atoms with E-state index in [0.29, 0.717) is 11.5 Å². The molecule has 3 nitrogen and oxygen atoms in total. The summed E-state index contributed by atoms with van der Waals surface area (Å²) in [5.41, 5.74) is 1.10. The van der Waals surface area contributed by atoms with Gasteiger partial charge >= 0.3 is 0 Å². The number of carbonyl (C=O) groups is 1. The van der Waals surface area contributed by atoms with Gasteiger partial charge in [0.1, 0.15) is 6.61 Å². The van der Waals surface area contributed by atoms with Gasteiger partial charge in [0.25, 0.3) is 0 Å². The van der Waals surface area contributed by atoms with Crippen LogP contribution in [0.3, 0.4) is 0 Å². The van der Waals surface area contributed by atoms with Gasteiger partial charge in [-0.05, 0) is 31.0 Å². The van der Waals surface area contributed by atoms with E-state index in [2.05, 4.69) is 0 Å². The molecule has 3 heteroatoms. The molecule has 1 atom stereocenters. The number of carbonyl (C=O) groups excluding carboxylic acids is 1. The summed E-state index contributed by atoms with van der Waals surface area (Å²) in [6.07, 6.45) is 0.841. The Hall–Kier alpha value is -1.51. The molecule has 0 radical (unpaired) electrons. The van der Waals surface area contributed by atoms with Crippen molar-refractivity contribution in [3.05, 3.63) is 23.8 Å². The van der Waals surface area contributed by atoms with Crippen LogP contribution in [-0.4, -0.2) is 19.5 Å². The molecular formula is C14H20O3. The molecule has 0 aliphatic heterocycles.